The molecule has 2 heterocycles. The van der Waals surface area contributed by atoms with Crippen LogP contribution in [0.25, 0.3) is 0 Å². The Morgan fingerprint density at radius 1 is 1.39 bits per heavy atom. The molecule has 0 atom stereocenters. The third kappa shape index (κ3) is 3.22. The number of carbonyl (C=O) groups excluding carboxylic acids is 2. The van der Waals surface area contributed by atoms with Crippen LogP contribution in [0.4, 0.5) is 5.69 Å². The number of hydrogen-bond donors (Lipinski definition) is 2. The SMILES string of the molecule is Nc1cnn(CC(=O)NCC(=O)N2CCCC2)c1. The van der Waals surface area contributed by atoms with E-state index in [1.807, 2.05) is 0 Å². The lowest BCUT2D eigenvalue weighted by Gasteiger charge is -2.15. The van der Waals surface area contributed by atoms with Crippen LogP contribution in [0, 0.1) is 0 Å². The zero-order valence-corrected chi connectivity index (χ0v) is 10.1. The van der Waals surface area contributed by atoms with Crippen LogP contribution in [0.1, 0.15) is 12.8 Å². The van der Waals surface area contributed by atoms with Gasteiger partial charge in [-0.15, -0.1) is 0 Å². The van der Waals surface area contributed by atoms with Crippen LogP contribution in [-0.2, 0) is 16.1 Å². The van der Waals surface area contributed by atoms with Gasteiger partial charge in [-0.2, -0.15) is 5.10 Å². The number of rotatable bonds is 4. The van der Waals surface area contributed by atoms with Crippen LogP contribution in [0.5, 0.6) is 0 Å². The van der Waals surface area contributed by atoms with Gasteiger partial charge in [-0.1, -0.05) is 0 Å². The normalized spacial score (nSPS) is 14.8. The van der Waals surface area contributed by atoms with Crippen LogP contribution in [0.15, 0.2) is 12.4 Å². The highest BCUT2D eigenvalue weighted by atomic mass is 16.2. The smallest absolute Gasteiger partial charge is 0.242 e. The van der Waals surface area contributed by atoms with Crippen molar-refractivity contribution in [1.29, 1.82) is 0 Å². The number of amides is 2. The van der Waals surface area contributed by atoms with Crippen molar-refractivity contribution in [3.05, 3.63) is 12.4 Å². The minimum atomic E-state index is -0.245. The monoisotopic (exact) mass is 251 g/mol. The molecule has 0 spiro atoms. The number of hydrogen-bond acceptors (Lipinski definition) is 4. The summed E-state index contributed by atoms with van der Waals surface area (Å²) in [4.78, 5) is 25.0. The molecule has 1 aliphatic heterocycles. The molecule has 18 heavy (non-hydrogen) atoms. The van der Waals surface area contributed by atoms with Crippen molar-refractivity contribution < 1.29 is 9.59 Å². The number of anilines is 1. The molecule has 7 heteroatoms. The summed E-state index contributed by atoms with van der Waals surface area (Å²) in [7, 11) is 0. The Balaban J connectivity index is 1.72. The predicted molar refractivity (Wildman–Crippen MR) is 65.5 cm³/mol. The zero-order valence-electron chi connectivity index (χ0n) is 10.1. The van der Waals surface area contributed by atoms with Crippen molar-refractivity contribution in [3.8, 4) is 0 Å². The Hall–Kier alpha value is -2.05. The maximum Gasteiger partial charge on any atom is 0.242 e. The summed E-state index contributed by atoms with van der Waals surface area (Å²) < 4.78 is 1.44. The van der Waals surface area contributed by atoms with Crippen LogP contribution < -0.4 is 11.1 Å². The second-order valence-corrected chi connectivity index (χ2v) is 4.34. The lowest BCUT2D eigenvalue weighted by molar-refractivity contribution is -0.132. The molecule has 1 saturated heterocycles. The molecule has 1 aliphatic rings. The van der Waals surface area contributed by atoms with E-state index in [-0.39, 0.29) is 24.9 Å². The topological polar surface area (TPSA) is 93.2 Å². The molecule has 0 saturated carbocycles. The molecule has 1 aromatic rings. The lowest BCUT2D eigenvalue weighted by atomic mass is 10.4. The van der Waals surface area contributed by atoms with Crippen LogP contribution >= 0.6 is 0 Å². The number of nitrogens with two attached hydrogens (primary N) is 1. The van der Waals surface area contributed by atoms with Gasteiger partial charge in [0.05, 0.1) is 18.4 Å². The van der Waals surface area contributed by atoms with Crippen molar-refractivity contribution >= 4 is 17.5 Å². The molecule has 1 fully saturated rings. The second kappa shape index (κ2) is 5.52. The predicted octanol–water partition coefficient (Wildman–Crippen LogP) is -0.796. The quantitative estimate of drug-likeness (QED) is 0.733. The van der Waals surface area contributed by atoms with E-state index in [9.17, 15) is 9.59 Å². The molecule has 2 rings (SSSR count). The molecule has 0 aliphatic carbocycles. The highest BCUT2D eigenvalue weighted by Crippen LogP contribution is 2.06. The Morgan fingerprint density at radius 2 is 2.11 bits per heavy atom. The number of nitrogens with zero attached hydrogens (tertiary/aromatic N) is 3. The second-order valence-electron chi connectivity index (χ2n) is 4.34. The zero-order chi connectivity index (χ0) is 13.0. The maximum atomic E-state index is 11.7. The first kappa shape index (κ1) is 12.4. The van der Waals surface area contributed by atoms with Crippen molar-refractivity contribution in [1.82, 2.24) is 20.0 Å². The summed E-state index contributed by atoms with van der Waals surface area (Å²) in [6, 6.07) is 0. The Kier molecular flexibility index (Phi) is 3.81. The Morgan fingerprint density at radius 3 is 2.72 bits per heavy atom. The highest BCUT2D eigenvalue weighted by Gasteiger charge is 2.18. The van der Waals surface area contributed by atoms with E-state index in [0.717, 1.165) is 25.9 Å². The third-order valence-corrected chi connectivity index (χ3v) is 2.85. The van der Waals surface area contributed by atoms with E-state index in [4.69, 9.17) is 5.73 Å². The van der Waals surface area contributed by atoms with E-state index in [1.54, 1.807) is 11.1 Å². The first-order valence-electron chi connectivity index (χ1n) is 5.97. The molecule has 0 radical (unpaired) electrons. The average Bonchev–Trinajstić information content (AvgIpc) is 2.97. The Labute approximate surface area is 105 Å². The fraction of sp³-hybridized carbons (Fsp3) is 0.545. The first-order chi connectivity index (χ1) is 8.65. The fourth-order valence-corrected chi connectivity index (χ4v) is 1.92. The minimum Gasteiger partial charge on any atom is -0.396 e. The number of aromatic nitrogens is 2. The van der Waals surface area contributed by atoms with Crippen molar-refractivity contribution in [2.24, 2.45) is 0 Å². The van der Waals surface area contributed by atoms with Gasteiger partial charge in [0.15, 0.2) is 0 Å². The number of nitrogen functional groups attached to an aromatic ring is 1. The van der Waals surface area contributed by atoms with Gasteiger partial charge in [-0.3, -0.25) is 14.3 Å². The van der Waals surface area contributed by atoms with Gasteiger partial charge in [-0.25, -0.2) is 0 Å². The van der Waals surface area contributed by atoms with Crippen molar-refractivity contribution in [2.75, 3.05) is 25.4 Å². The van der Waals surface area contributed by atoms with Gasteiger partial charge in [0, 0.05) is 19.3 Å². The van der Waals surface area contributed by atoms with Gasteiger partial charge in [0.1, 0.15) is 6.54 Å². The largest absolute Gasteiger partial charge is 0.396 e. The lowest BCUT2D eigenvalue weighted by Crippen LogP contribution is -2.39. The summed E-state index contributed by atoms with van der Waals surface area (Å²) in [6.07, 6.45) is 5.14. The number of carbonyl (C=O) groups is 2. The van der Waals surface area contributed by atoms with E-state index >= 15 is 0 Å². The summed E-state index contributed by atoms with van der Waals surface area (Å²) in [5.41, 5.74) is 5.99. The van der Waals surface area contributed by atoms with Crippen LogP contribution in [0.2, 0.25) is 0 Å². The molecule has 3 N–H and O–H groups in total. The molecular weight excluding hydrogens is 234 g/mol. The number of likely N-dealkylation sites (tertiary alicyclic amines) is 1. The van der Waals surface area contributed by atoms with Gasteiger partial charge < -0.3 is 16.0 Å². The molecule has 7 nitrogen and oxygen atoms in total. The molecule has 1 aromatic heterocycles. The van der Waals surface area contributed by atoms with E-state index in [2.05, 4.69) is 10.4 Å². The van der Waals surface area contributed by atoms with E-state index in [0.29, 0.717) is 5.69 Å². The standard InChI is InChI=1S/C11H17N5O2/c12-9-5-14-16(7-9)8-10(17)13-6-11(18)15-3-1-2-4-15/h5,7H,1-4,6,8,12H2,(H,13,17). The molecule has 2 amide bonds. The summed E-state index contributed by atoms with van der Waals surface area (Å²) in [5.74, 6) is -0.272. The van der Waals surface area contributed by atoms with E-state index in [1.165, 1.54) is 10.9 Å². The maximum absolute atomic E-state index is 11.7. The fourth-order valence-electron chi connectivity index (χ4n) is 1.92. The van der Waals surface area contributed by atoms with Gasteiger partial charge in [-0.05, 0) is 12.8 Å². The molecular formula is C11H17N5O2. The first-order valence-corrected chi connectivity index (χ1v) is 5.97. The molecule has 0 unspecified atom stereocenters. The van der Waals surface area contributed by atoms with Gasteiger partial charge in [0.25, 0.3) is 0 Å². The number of nitrogens with one attached hydrogen (secondary N) is 1. The average molecular weight is 251 g/mol. The van der Waals surface area contributed by atoms with Gasteiger partial charge in [0.2, 0.25) is 11.8 Å². The van der Waals surface area contributed by atoms with Crippen LogP contribution in [0.3, 0.4) is 0 Å². The minimum absolute atomic E-state index is 0.0270. The summed E-state index contributed by atoms with van der Waals surface area (Å²) in [6.45, 7) is 1.72. The summed E-state index contributed by atoms with van der Waals surface area (Å²) >= 11 is 0. The molecule has 0 aromatic carbocycles. The molecule has 98 valence electrons. The van der Waals surface area contributed by atoms with Crippen molar-refractivity contribution in [3.63, 3.8) is 0 Å². The highest BCUT2D eigenvalue weighted by molar-refractivity contribution is 5.84. The third-order valence-electron chi connectivity index (χ3n) is 2.85. The van der Waals surface area contributed by atoms with Crippen molar-refractivity contribution in [2.45, 2.75) is 19.4 Å². The Bertz CT molecular complexity index is 436. The van der Waals surface area contributed by atoms with E-state index < -0.39 is 0 Å². The molecule has 0 bridgehead atoms. The summed E-state index contributed by atoms with van der Waals surface area (Å²) in [5, 5.41) is 6.48. The van der Waals surface area contributed by atoms with Crippen LogP contribution in [-0.4, -0.2) is 46.1 Å². The van der Waals surface area contributed by atoms with Gasteiger partial charge >= 0.3 is 0 Å².